The van der Waals surface area contributed by atoms with Crippen LogP contribution in [0.2, 0.25) is 0 Å². The summed E-state index contributed by atoms with van der Waals surface area (Å²) in [5.74, 6) is 0.136. The lowest BCUT2D eigenvalue weighted by molar-refractivity contribution is -0.384. The van der Waals surface area contributed by atoms with Gasteiger partial charge in [-0.3, -0.25) is 14.9 Å². The first kappa shape index (κ1) is 23.7. The van der Waals surface area contributed by atoms with Crippen molar-refractivity contribution in [3.05, 3.63) is 64.2 Å². The van der Waals surface area contributed by atoms with Gasteiger partial charge >= 0.3 is 0 Å². The van der Waals surface area contributed by atoms with Crippen molar-refractivity contribution in [1.82, 2.24) is 4.72 Å². The molecule has 2 aromatic rings. The van der Waals surface area contributed by atoms with E-state index in [4.69, 9.17) is 4.74 Å². The molecule has 0 heterocycles. The van der Waals surface area contributed by atoms with E-state index in [-0.39, 0.29) is 21.8 Å². The monoisotopic (exact) mass is 461 g/mol. The highest BCUT2D eigenvalue weighted by Gasteiger charge is 2.25. The van der Waals surface area contributed by atoms with Crippen LogP contribution in [0.5, 0.6) is 0 Å². The normalized spacial score (nSPS) is 18.7. The third-order valence-electron chi connectivity index (χ3n) is 5.69. The highest BCUT2D eigenvalue weighted by molar-refractivity contribution is 7.90. The summed E-state index contributed by atoms with van der Waals surface area (Å²) in [5, 5.41) is 14.7. The molecule has 0 aliphatic heterocycles. The second kappa shape index (κ2) is 10.6. The number of hydrogen-bond acceptors (Lipinski definition) is 7. The molecule has 9 nitrogen and oxygen atoms in total. The number of anilines is 1. The molecule has 2 aromatic carbocycles. The number of hydrogen-bond donors (Lipinski definition) is 2. The first-order chi connectivity index (χ1) is 15.3. The maximum absolute atomic E-state index is 12.6. The highest BCUT2D eigenvalue weighted by Crippen LogP contribution is 2.31. The number of rotatable bonds is 9. The Bertz CT molecular complexity index is 1050. The Hall–Kier alpha value is -2.98. The average Bonchev–Trinajstić information content (AvgIpc) is 2.79. The fourth-order valence-corrected chi connectivity index (χ4v) is 4.89. The minimum Gasteiger partial charge on any atom is -0.384 e. The zero-order valence-electron chi connectivity index (χ0n) is 17.8. The van der Waals surface area contributed by atoms with Crippen LogP contribution in [0, 0.1) is 22.0 Å². The van der Waals surface area contributed by atoms with Gasteiger partial charge in [-0.05, 0) is 61.8 Å². The van der Waals surface area contributed by atoms with E-state index in [1.807, 2.05) is 4.72 Å². The average molecular weight is 462 g/mol. The van der Waals surface area contributed by atoms with Gasteiger partial charge in [0.1, 0.15) is 5.69 Å². The van der Waals surface area contributed by atoms with E-state index in [0.717, 1.165) is 38.4 Å². The molecular formula is C22H27N3O6S. The molecule has 0 saturated heterocycles. The quantitative estimate of drug-likeness (QED) is 0.431. The third-order valence-corrected chi connectivity index (χ3v) is 7.02. The molecule has 1 aliphatic carbocycles. The lowest BCUT2D eigenvalue weighted by Gasteiger charge is -2.28. The Balaban J connectivity index is 1.69. The summed E-state index contributed by atoms with van der Waals surface area (Å²) in [7, 11) is -2.57. The number of carbonyl (C=O) groups is 1. The summed E-state index contributed by atoms with van der Waals surface area (Å²) in [6.45, 7) is 1.32. The summed E-state index contributed by atoms with van der Waals surface area (Å²) in [6.07, 6.45) is 4.13. The number of benzene rings is 2. The Morgan fingerprint density at radius 1 is 1.09 bits per heavy atom. The highest BCUT2D eigenvalue weighted by atomic mass is 32.2. The maximum Gasteiger partial charge on any atom is 0.293 e. The van der Waals surface area contributed by atoms with E-state index < -0.39 is 20.9 Å². The first-order valence-corrected chi connectivity index (χ1v) is 11.9. The van der Waals surface area contributed by atoms with Gasteiger partial charge in [0.05, 0.1) is 9.82 Å². The van der Waals surface area contributed by atoms with Crippen LogP contribution < -0.4 is 10.0 Å². The van der Waals surface area contributed by atoms with Gasteiger partial charge < -0.3 is 10.1 Å². The largest absolute Gasteiger partial charge is 0.384 e. The van der Waals surface area contributed by atoms with Crippen molar-refractivity contribution in [3.8, 4) is 0 Å². The summed E-state index contributed by atoms with van der Waals surface area (Å²) in [5.41, 5.74) is 0.0690. The predicted octanol–water partition coefficient (Wildman–Crippen LogP) is 3.58. The van der Waals surface area contributed by atoms with Gasteiger partial charge in [-0.2, -0.15) is 0 Å². The van der Waals surface area contributed by atoms with E-state index in [9.17, 15) is 23.3 Å². The van der Waals surface area contributed by atoms with Crippen LogP contribution in [0.4, 0.5) is 11.4 Å². The predicted molar refractivity (Wildman–Crippen MR) is 120 cm³/mol. The number of nitrogens with zero attached hydrogens (tertiary/aromatic N) is 1. The van der Waals surface area contributed by atoms with Gasteiger partial charge in [0, 0.05) is 31.9 Å². The minimum absolute atomic E-state index is 0.170. The van der Waals surface area contributed by atoms with Crippen molar-refractivity contribution < 1.29 is 22.9 Å². The Labute approximate surface area is 187 Å². The van der Waals surface area contributed by atoms with E-state index in [2.05, 4.69) is 5.32 Å². The smallest absolute Gasteiger partial charge is 0.293 e. The van der Waals surface area contributed by atoms with Crippen LogP contribution in [0.3, 0.4) is 0 Å². The Morgan fingerprint density at radius 3 is 2.38 bits per heavy atom. The molecule has 1 saturated carbocycles. The summed E-state index contributed by atoms with van der Waals surface area (Å²) in [4.78, 5) is 22.8. The van der Waals surface area contributed by atoms with Crippen LogP contribution in [-0.4, -0.2) is 39.5 Å². The summed E-state index contributed by atoms with van der Waals surface area (Å²) >= 11 is 0. The molecule has 32 heavy (non-hydrogen) atoms. The molecule has 0 atom stereocenters. The minimum atomic E-state index is -4.27. The van der Waals surface area contributed by atoms with E-state index >= 15 is 0 Å². The molecule has 0 aromatic heterocycles. The SMILES string of the molecule is COCC1CCC(CNc2ccc(S(=O)(=O)NC(=O)c3ccccc3)cc2[N+](=O)[O-])CC1. The number of nitro groups is 1. The zero-order chi connectivity index (χ0) is 23.1. The molecular weight excluding hydrogens is 434 g/mol. The van der Waals surface area contributed by atoms with E-state index in [1.54, 1.807) is 25.3 Å². The van der Waals surface area contributed by atoms with Crippen LogP contribution in [0.25, 0.3) is 0 Å². The van der Waals surface area contributed by atoms with Crippen molar-refractivity contribution in [3.63, 3.8) is 0 Å². The van der Waals surface area contributed by atoms with E-state index in [0.29, 0.717) is 18.4 Å². The molecule has 1 aliphatic rings. The van der Waals surface area contributed by atoms with Crippen LogP contribution in [0.15, 0.2) is 53.4 Å². The second-order valence-electron chi connectivity index (χ2n) is 7.96. The fourth-order valence-electron chi connectivity index (χ4n) is 3.90. The molecule has 3 rings (SSSR count). The van der Waals surface area contributed by atoms with Crippen molar-refractivity contribution in [2.75, 3.05) is 25.6 Å². The number of methoxy groups -OCH3 is 1. The molecule has 0 radical (unpaired) electrons. The number of carbonyl (C=O) groups excluding carboxylic acids is 1. The van der Waals surface area contributed by atoms with Gasteiger partial charge in [-0.15, -0.1) is 0 Å². The van der Waals surface area contributed by atoms with Gasteiger partial charge in [-0.25, -0.2) is 13.1 Å². The third kappa shape index (κ3) is 6.04. The number of sulfonamides is 1. The van der Waals surface area contributed by atoms with E-state index in [1.165, 1.54) is 24.3 Å². The van der Waals surface area contributed by atoms with Crippen molar-refractivity contribution in [2.24, 2.45) is 11.8 Å². The number of ether oxygens (including phenoxy) is 1. The van der Waals surface area contributed by atoms with Crippen molar-refractivity contribution in [2.45, 2.75) is 30.6 Å². The summed E-state index contributed by atoms with van der Waals surface area (Å²) < 4.78 is 32.4. The standard InChI is InChI=1S/C22H27N3O6S/c1-31-15-17-9-7-16(8-10-17)14-23-20-12-11-19(13-21(20)25(27)28)32(29,30)24-22(26)18-5-3-2-4-6-18/h2-6,11-13,16-17,23H,7-10,14-15H2,1H3,(H,24,26). The second-order valence-corrected chi connectivity index (χ2v) is 9.64. The molecule has 0 bridgehead atoms. The number of nitro benzene ring substituents is 1. The topological polar surface area (TPSA) is 128 Å². The number of nitrogens with one attached hydrogen (secondary N) is 2. The Kier molecular flexibility index (Phi) is 7.81. The molecule has 1 fully saturated rings. The van der Waals surface area contributed by atoms with Gasteiger partial charge in [0.2, 0.25) is 0 Å². The lowest BCUT2D eigenvalue weighted by Crippen LogP contribution is -2.30. The first-order valence-electron chi connectivity index (χ1n) is 10.4. The van der Waals surface area contributed by atoms with Crippen LogP contribution >= 0.6 is 0 Å². The molecule has 10 heteroatoms. The van der Waals surface area contributed by atoms with Gasteiger partial charge in [-0.1, -0.05) is 18.2 Å². The zero-order valence-corrected chi connectivity index (χ0v) is 18.6. The molecule has 0 unspecified atom stereocenters. The van der Waals surface area contributed by atoms with Crippen molar-refractivity contribution >= 4 is 27.3 Å². The number of amides is 1. The van der Waals surface area contributed by atoms with Gasteiger partial charge in [0.25, 0.3) is 21.6 Å². The summed E-state index contributed by atoms with van der Waals surface area (Å²) in [6, 6.07) is 11.5. The van der Waals surface area contributed by atoms with Gasteiger partial charge in [0.15, 0.2) is 0 Å². The van der Waals surface area contributed by atoms with Crippen LogP contribution in [0.1, 0.15) is 36.0 Å². The fraction of sp³-hybridized carbons (Fsp3) is 0.409. The van der Waals surface area contributed by atoms with Crippen molar-refractivity contribution in [1.29, 1.82) is 0 Å². The Morgan fingerprint density at radius 2 is 1.75 bits per heavy atom. The molecule has 172 valence electrons. The lowest BCUT2D eigenvalue weighted by atomic mass is 9.82. The molecule has 0 spiro atoms. The maximum atomic E-state index is 12.6. The molecule has 2 N–H and O–H groups in total. The van der Waals surface area contributed by atoms with Crippen LogP contribution in [-0.2, 0) is 14.8 Å². The molecule has 1 amide bonds.